The molecule has 2 aromatic rings. The highest BCUT2D eigenvalue weighted by atomic mass is 35.5. The van der Waals surface area contributed by atoms with Gasteiger partial charge in [0, 0.05) is 31.2 Å². The fourth-order valence-corrected chi connectivity index (χ4v) is 4.92. The van der Waals surface area contributed by atoms with E-state index in [1.165, 1.54) is 16.4 Å². The smallest absolute Gasteiger partial charge is 0.264 e. The van der Waals surface area contributed by atoms with E-state index in [0.29, 0.717) is 29.4 Å². The van der Waals surface area contributed by atoms with Crippen molar-refractivity contribution >= 4 is 33.2 Å². The summed E-state index contributed by atoms with van der Waals surface area (Å²) in [6.45, 7) is 4.27. The third kappa shape index (κ3) is 4.48. The highest BCUT2D eigenvalue weighted by Crippen LogP contribution is 2.29. The van der Waals surface area contributed by atoms with Crippen LogP contribution in [0.25, 0.3) is 0 Å². The van der Waals surface area contributed by atoms with Gasteiger partial charge in [-0.1, -0.05) is 29.8 Å². The number of hydrogen-bond acceptors (Lipinski definition) is 4. The Morgan fingerprint density at radius 2 is 1.71 bits per heavy atom. The van der Waals surface area contributed by atoms with Crippen molar-refractivity contribution in [1.82, 2.24) is 9.80 Å². The zero-order valence-electron chi connectivity index (χ0n) is 16.0. The van der Waals surface area contributed by atoms with Crippen LogP contribution in [0, 0.1) is 6.92 Å². The number of aryl methyl sites for hydroxylation is 1. The number of hydrogen-bond donors (Lipinski definition) is 0. The molecular formula is C20H24ClN3O3S. The molecule has 150 valence electrons. The van der Waals surface area contributed by atoms with Crippen LogP contribution < -0.4 is 4.31 Å². The molecule has 1 aliphatic heterocycles. The van der Waals surface area contributed by atoms with Gasteiger partial charge in [-0.05, 0) is 49.9 Å². The Balaban J connectivity index is 1.96. The summed E-state index contributed by atoms with van der Waals surface area (Å²) in [5.41, 5.74) is 1.15. The van der Waals surface area contributed by atoms with E-state index in [1.807, 2.05) is 7.05 Å². The molecule has 0 spiro atoms. The van der Waals surface area contributed by atoms with Gasteiger partial charge in [0.2, 0.25) is 5.91 Å². The molecular weight excluding hydrogens is 398 g/mol. The van der Waals surface area contributed by atoms with E-state index in [0.717, 1.165) is 13.1 Å². The Kier molecular flexibility index (Phi) is 6.27. The molecule has 1 amide bonds. The summed E-state index contributed by atoms with van der Waals surface area (Å²) in [7, 11) is -1.90. The Bertz CT molecular complexity index is 942. The van der Waals surface area contributed by atoms with Crippen molar-refractivity contribution in [2.24, 2.45) is 0 Å². The van der Waals surface area contributed by atoms with Gasteiger partial charge >= 0.3 is 0 Å². The number of benzene rings is 2. The minimum Gasteiger partial charge on any atom is -0.339 e. The van der Waals surface area contributed by atoms with Crippen LogP contribution in [-0.4, -0.2) is 63.9 Å². The van der Waals surface area contributed by atoms with Gasteiger partial charge in [0.15, 0.2) is 0 Å². The van der Waals surface area contributed by atoms with Crippen molar-refractivity contribution < 1.29 is 13.2 Å². The predicted octanol–water partition coefficient (Wildman–Crippen LogP) is 2.62. The van der Waals surface area contributed by atoms with Crippen LogP contribution in [0.5, 0.6) is 0 Å². The van der Waals surface area contributed by atoms with Crippen LogP contribution in [-0.2, 0) is 14.8 Å². The second kappa shape index (κ2) is 8.51. The molecule has 6 nitrogen and oxygen atoms in total. The molecule has 1 heterocycles. The van der Waals surface area contributed by atoms with Crippen molar-refractivity contribution in [2.75, 3.05) is 44.1 Å². The Hall–Kier alpha value is -2.09. The minimum absolute atomic E-state index is 0.149. The number of carbonyl (C=O) groups is 1. The average molecular weight is 422 g/mol. The number of halogens is 1. The van der Waals surface area contributed by atoms with Crippen LogP contribution in [0.4, 0.5) is 5.69 Å². The lowest BCUT2D eigenvalue weighted by atomic mass is 10.2. The molecule has 0 unspecified atom stereocenters. The van der Waals surface area contributed by atoms with Crippen LogP contribution >= 0.6 is 11.6 Å². The Morgan fingerprint density at radius 1 is 1.07 bits per heavy atom. The maximum absolute atomic E-state index is 13.4. The van der Waals surface area contributed by atoms with Crippen LogP contribution in [0.3, 0.4) is 0 Å². The second-order valence-electron chi connectivity index (χ2n) is 6.94. The highest BCUT2D eigenvalue weighted by Gasteiger charge is 2.30. The molecule has 3 rings (SSSR count). The first-order valence-electron chi connectivity index (χ1n) is 9.09. The van der Waals surface area contributed by atoms with E-state index < -0.39 is 10.0 Å². The topological polar surface area (TPSA) is 60.9 Å². The van der Waals surface area contributed by atoms with E-state index in [4.69, 9.17) is 11.6 Å². The molecule has 0 aromatic heterocycles. The molecule has 1 saturated heterocycles. The second-order valence-corrected chi connectivity index (χ2v) is 9.24. The van der Waals surface area contributed by atoms with Crippen LogP contribution in [0.2, 0.25) is 5.02 Å². The van der Waals surface area contributed by atoms with E-state index in [-0.39, 0.29) is 17.3 Å². The van der Waals surface area contributed by atoms with Gasteiger partial charge in [-0.3, -0.25) is 9.10 Å². The van der Waals surface area contributed by atoms with Gasteiger partial charge in [0.05, 0.1) is 10.6 Å². The third-order valence-electron chi connectivity index (χ3n) is 4.89. The zero-order chi connectivity index (χ0) is 20.3. The van der Waals surface area contributed by atoms with E-state index >= 15 is 0 Å². The summed E-state index contributed by atoms with van der Waals surface area (Å²) in [6.07, 6.45) is 0. The average Bonchev–Trinajstić information content (AvgIpc) is 2.67. The monoisotopic (exact) mass is 421 g/mol. The number of rotatable bonds is 5. The number of sulfonamides is 1. The molecule has 0 N–H and O–H groups in total. The van der Waals surface area contributed by atoms with Crippen molar-refractivity contribution in [2.45, 2.75) is 11.8 Å². The van der Waals surface area contributed by atoms with Gasteiger partial charge in [-0.15, -0.1) is 0 Å². The Morgan fingerprint density at radius 3 is 2.32 bits per heavy atom. The lowest BCUT2D eigenvalue weighted by Gasteiger charge is -2.34. The summed E-state index contributed by atoms with van der Waals surface area (Å²) in [6, 6.07) is 13.1. The van der Waals surface area contributed by atoms with E-state index in [1.54, 1.807) is 48.2 Å². The first kappa shape index (κ1) is 20.6. The summed E-state index contributed by atoms with van der Waals surface area (Å²) < 4.78 is 27.9. The standard InChI is InChI=1S/C20H24ClN3O3S/c1-16-14-17(21)8-9-19(16)24(28(26,27)18-6-4-3-5-7-18)15-20(25)23-12-10-22(2)11-13-23/h3-9,14H,10-13,15H2,1-2H3. The lowest BCUT2D eigenvalue weighted by Crippen LogP contribution is -2.51. The van der Waals surface area contributed by atoms with E-state index in [2.05, 4.69) is 4.90 Å². The van der Waals surface area contributed by atoms with Crippen molar-refractivity contribution in [1.29, 1.82) is 0 Å². The molecule has 28 heavy (non-hydrogen) atoms. The fourth-order valence-electron chi connectivity index (χ4n) is 3.20. The van der Waals surface area contributed by atoms with Gasteiger partial charge in [0.1, 0.15) is 6.54 Å². The SMILES string of the molecule is Cc1cc(Cl)ccc1N(CC(=O)N1CCN(C)CC1)S(=O)(=O)c1ccccc1. The Labute approximate surface area is 171 Å². The summed E-state index contributed by atoms with van der Waals surface area (Å²) in [5, 5.41) is 0.517. The normalized spacial score (nSPS) is 15.5. The molecule has 0 atom stereocenters. The van der Waals surface area contributed by atoms with Gasteiger partial charge in [-0.2, -0.15) is 0 Å². The first-order valence-corrected chi connectivity index (χ1v) is 10.9. The first-order chi connectivity index (χ1) is 13.3. The van der Waals surface area contributed by atoms with Crippen molar-refractivity contribution in [3.8, 4) is 0 Å². The minimum atomic E-state index is -3.90. The maximum atomic E-state index is 13.4. The molecule has 0 radical (unpaired) electrons. The highest BCUT2D eigenvalue weighted by molar-refractivity contribution is 7.92. The molecule has 1 aliphatic rings. The lowest BCUT2D eigenvalue weighted by molar-refractivity contribution is -0.131. The predicted molar refractivity (Wildman–Crippen MR) is 111 cm³/mol. The molecule has 0 saturated carbocycles. The van der Waals surface area contributed by atoms with Crippen molar-refractivity contribution in [3.05, 3.63) is 59.1 Å². The molecule has 0 aliphatic carbocycles. The van der Waals surface area contributed by atoms with Gasteiger partial charge < -0.3 is 9.80 Å². The molecule has 1 fully saturated rings. The maximum Gasteiger partial charge on any atom is 0.264 e. The summed E-state index contributed by atoms with van der Waals surface area (Å²) >= 11 is 6.05. The fraction of sp³-hybridized carbons (Fsp3) is 0.350. The quantitative estimate of drug-likeness (QED) is 0.744. The summed E-state index contributed by atoms with van der Waals surface area (Å²) in [4.78, 5) is 16.9. The van der Waals surface area contributed by atoms with Crippen molar-refractivity contribution in [3.63, 3.8) is 0 Å². The molecule has 2 aromatic carbocycles. The summed E-state index contributed by atoms with van der Waals surface area (Å²) in [5.74, 6) is -0.207. The van der Waals surface area contributed by atoms with Crippen LogP contribution in [0.15, 0.2) is 53.4 Å². The molecule has 0 bridgehead atoms. The largest absolute Gasteiger partial charge is 0.339 e. The number of amides is 1. The number of likely N-dealkylation sites (N-methyl/N-ethyl adjacent to an activating group) is 1. The van der Waals surface area contributed by atoms with E-state index in [9.17, 15) is 13.2 Å². The third-order valence-corrected chi connectivity index (χ3v) is 6.90. The number of piperazine rings is 1. The number of anilines is 1. The number of nitrogens with zero attached hydrogens (tertiary/aromatic N) is 3. The van der Waals surface area contributed by atoms with Crippen LogP contribution in [0.1, 0.15) is 5.56 Å². The number of carbonyl (C=O) groups excluding carboxylic acids is 1. The molecule has 8 heteroatoms. The van der Waals surface area contributed by atoms with Gasteiger partial charge in [0.25, 0.3) is 10.0 Å². The van der Waals surface area contributed by atoms with Gasteiger partial charge in [-0.25, -0.2) is 8.42 Å². The zero-order valence-corrected chi connectivity index (χ0v) is 17.6.